The maximum absolute atomic E-state index is 12.0. The van der Waals surface area contributed by atoms with E-state index in [0.717, 1.165) is 4.96 Å². The number of imidazole rings is 1. The Bertz CT molecular complexity index is 853. The number of ether oxygens (including phenoxy) is 1. The van der Waals surface area contributed by atoms with Crippen LogP contribution in [0.15, 0.2) is 41.9 Å². The zero-order valence-electron chi connectivity index (χ0n) is 11.6. The lowest BCUT2D eigenvalue weighted by molar-refractivity contribution is -0.111. The number of hydrogen-bond acceptors (Lipinski definition) is 4. The summed E-state index contributed by atoms with van der Waals surface area (Å²) in [5, 5.41) is 5.05. The third-order valence-electron chi connectivity index (χ3n) is 2.98. The summed E-state index contributed by atoms with van der Waals surface area (Å²) < 4.78 is 6.95. The second kappa shape index (κ2) is 6.21. The smallest absolute Gasteiger partial charge is 0.248 e. The molecule has 1 aromatic carbocycles. The second-order valence-corrected chi connectivity index (χ2v) is 5.63. The standard InChI is InChI=1S/C15H12ClN3O2S/c1-21-11-4-2-3-10(9-11)17-13(20)6-5-12-14(16)18-15-19(12)7-8-22-15/h2-9H,1H3,(H,17,20)/b6-5+. The summed E-state index contributed by atoms with van der Waals surface area (Å²) in [6.45, 7) is 0. The lowest BCUT2D eigenvalue weighted by atomic mass is 10.3. The van der Waals surface area contributed by atoms with E-state index in [2.05, 4.69) is 10.3 Å². The minimum absolute atomic E-state index is 0.255. The van der Waals surface area contributed by atoms with Gasteiger partial charge in [0.25, 0.3) is 0 Å². The summed E-state index contributed by atoms with van der Waals surface area (Å²) in [4.78, 5) is 17.0. The van der Waals surface area contributed by atoms with Crippen molar-refractivity contribution in [2.75, 3.05) is 12.4 Å². The van der Waals surface area contributed by atoms with Crippen LogP contribution in [0.5, 0.6) is 5.75 Å². The van der Waals surface area contributed by atoms with Crippen LogP contribution >= 0.6 is 22.9 Å². The first-order valence-electron chi connectivity index (χ1n) is 6.41. The number of hydrogen-bond donors (Lipinski definition) is 1. The molecule has 0 aliphatic heterocycles. The normalized spacial score (nSPS) is 11.2. The Balaban J connectivity index is 1.76. The summed E-state index contributed by atoms with van der Waals surface area (Å²) in [5.74, 6) is 0.426. The van der Waals surface area contributed by atoms with Crippen molar-refractivity contribution >= 4 is 45.6 Å². The SMILES string of the molecule is COc1cccc(NC(=O)/C=C/c2c(Cl)nc3sccn23)c1. The van der Waals surface area contributed by atoms with Crippen molar-refractivity contribution < 1.29 is 9.53 Å². The molecule has 0 aliphatic rings. The Morgan fingerprint density at radius 3 is 3.18 bits per heavy atom. The number of carbonyl (C=O) groups excluding carboxylic acids is 1. The maximum atomic E-state index is 12.0. The van der Waals surface area contributed by atoms with Crippen molar-refractivity contribution in [2.24, 2.45) is 0 Å². The number of amides is 1. The second-order valence-electron chi connectivity index (χ2n) is 4.40. The molecule has 0 fully saturated rings. The van der Waals surface area contributed by atoms with Crippen molar-refractivity contribution in [3.63, 3.8) is 0 Å². The summed E-state index contributed by atoms with van der Waals surface area (Å²) in [5.41, 5.74) is 1.34. The monoisotopic (exact) mass is 333 g/mol. The van der Waals surface area contributed by atoms with Crippen LogP contribution in [-0.4, -0.2) is 22.4 Å². The number of carbonyl (C=O) groups is 1. The number of fused-ring (bicyclic) bond motifs is 1. The van der Waals surface area contributed by atoms with E-state index >= 15 is 0 Å². The van der Waals surface area contributed by atoms with E-state index in [1.165, 1.54) is 17.4 Å². The van der Waals surface area contributed by atoms with Crippen LogP contribution in [0.2, 0.25) is 5.15 Å². The minimum atomic E-state index is -0.255. The number of rotatable bonds is 4. The third-order valence-corrected chi connectivity index (χ3v) is 4.02. The molecule has 0 bridgehead atoms. The molecule has 1 N–H and O–H groups in total. The number of nitrogens with zero attached hydrogens (tertiary/aromatic N) is 2. The molecule has 0 unspecified atom stereocenters. The topological polar surface area (TPSA) is 55.6 Å². The number of aromatic nitrogens is 2. The molecule has 0 radical (unpaired) electrons. The molecule has 0 saturated heterocycles. The van der Waals surface area contributed by atoms with Gasteiger partial charge in [-0.2, -0.15) is 0 Å². The number of halogens is 1. The van der Waals surface area contributed by atoms with E-state index in [1.807, 2.05) is 22.0 Å². The number of benzene rings is 1. The highest BCUT2D eigenvalue weighted by Gasteiger charge is 2.08. The first-order chi connectivity index (χ1) is 10.7. The minimum Gasteiger partial charge on any atom is -0.497 e. The van der Waals surface area contributed by atoms with Gasteiger partial charge in [0.1, 0.15) is 5.75 Å². The van der Waals surface area contributed by atoms with Crippen LogP contribution in [0.25, 0.3) is 11.0 Å². The van der Waals surface area contributed by atoms with Gasteiger partial charge in [0, 0.05) is 29.4 Å². The van der Waals surface area contributed by atoms with Gasteiger partial charge < -0.3 is 10.1 Å². The fraction of sp³-hybridized carbons (Fsp3) is 0.0667. The number of methoxy groups -OCH3 is 1. The molecule has 3 aromatic rings. The largest absolute Gasteiger partial charge is 0.497 e. The Morgan fingerprint density at radius 2 is 2.36 bits per heavy atom. The van der Waals surface area contributed by atoms with E-state index in [4.69, 9.17) is 16.3 Å². The molecule has 22 heavy (non-hydrogen) atoms. The Morgan fingerprint density at radius 1 is 1.50 bits per heavy atom. The van der Waals surface area contributed by atoms with Crippen LogP contribution < -0.4 is 10.1 Å². The fourth-order valence-corrected chi connectivity index (χ4v) is 2.97. The fourth-order valence-electron chi connectivity index (χ4n) is 1.97. The quantitative estimate of drug-likeness (QED) is 0.740. The molecule has 112 valence electrons. The van der Waals surface area contributed by atoms with Crippen molar-refractivity contribution in [2.45, 2.75) is 0 Å². The van der Waals surface area contributed by atoms with Crippen LogP contribution in [0.4, 0.5) is 5.69 Å². The van der Waals surface area contributed by atoms with Gasteiger partial charge in [0.05, 0.1) is 12.8 Å². The molecule has 7 heteroatoms. The molecule has 0 aliphatic carbocycles. The van der Waals surface area contributed by atoms with E-state index in [9.17, 15) is 4.79 Å². The summed E-state index contributed by atoms with van der Waals surface area (Å²) in [6, 6.07) is 7.15. The van der Waals surface area contributed by atoms with Gasteiger partial charge in [0.2, 0.25) is 5.91 Å². The number of nitrogens with one attached hydrogen (secondary N) is 1. The average Bonchev–Trinajstić information content (AvgIpc) is 3.06. The average molecular weight is 334 g/mol. The number of thiazole rings is 1. The zero-order chi connectivity index (χ0) is 15.5. The van der Waals surface area contributed by atoms with Crippen LogP contribution in [-0.2, 0) is 4.79 Å². The van der Waals surface area contributed by atoms with E-state index in [1.54, 1.807) is 31.4 Å². The first kappa shape index (κ1) is 14.6. The Labute approximate surface area is 135 Å². The first-order valence-corrected chi connectivity index (χ1v) is 7.67. The van der Waals surface area contributed by atoms with Crippen LogP contribution in [0.3, 0.4) is 0 Å². The molecule has 0 atom stereocenters. The third kappa shape index (κ3) is 2.98. The van der Waals surface area contributed by atoms with Crippen LogP contribution in [0.1, 0.15) is 5.69 Å². The Hall–Kier alpha value is -2.31. The maximum Gasteiger partial charge on any atom is 0.248 e. The highest BCUT2D eigenvalue weighted by molar-refractivity contribution is 7.15. The van der Waals surface area contributed by atoms with Crippen molar-refractivity contribution in [3.05, 3.63) is 52.8 Å². The summed E-state index contributed by atoms with van der Waals surface area (Å²) >= 11 is 7.55. The van der Waals surface area contributed by atoms with Crippen molar-refractivity contribution in [1.29, 1.82) is 0 Å². The molecule has 0 saturated carbocycles. The van der Waals surface area contributed by atoms with Gasteiger partial charge in [0.15, 0.2) is 10.1 Å². The van der Waals surface area contributed by atoms with Gasteiger partial charge in [-0.1, -0.05) is 17.7 Å². The highest BCUT2D eigenvalue weighted by atomic mass is 35.5. The molecule has 1 amide bonds. The van der Waals surface area contributed by atoms with Gasteiger partial charge in [-0.3, -0.25) is 9.20 Å². The molecule has 0 spiro atoms. The predicted molar refractivity (Wildman–Crippen MR) is 88.7 cm³/mol. The zero-order valence-corrected chi connectivity index (χ0v) is 13.2. The molecular formula is C15H12ClN3O2S. The van der Waals surface area contributed by atoms with Crippen molar-refractivity contribution in [1.82, 2.24) is 9.38 Å². The lowest BCUT2D eigenvalue weighted by Crippen LogP contribution is -2.07. The molecule has 5 nitrogen and oxygen atoms in total. The predicted octanol–water partition coefficient (Wildman–Crippen LogP) is 3.71. The molecular weight excluding hydrogens is 322 g/mol. The number of anilines is 1. The van der Waals surface area contributed by atoms with Gasteiger partial charge in [-0.05, 0) is 18.2 Å². The van der Waals surface area contributed by atoms with E-state index in [-0.39, 0.29) is 5.91 Å². The lowest BCUT2D eigenvalue weighted by Gasteiger charge is -2.04. The molecule has 3 rings (SSSR count). The summed E-state index contributed by atoms with van der Waals surface area (Å²) in [6.07, 6.45) is 4.93. The molecule has 2 heterocycles. The van der Waals surface area contributed by atoms with E-state index in [0.29, 0.717) is 22.3 Å². The van der Waals surface area contributed by atoms with Crippen LogP contribution in [0, 0.1) is 0 Å². The molecule has 2 aromatic heterocycles. The van der Waals surface area contributed by atoms with Gasteiger partial charge in [-0.15, -0.1) is 11.3 Å². The van der Waals surface area contributed by atoms with Gasteiger partial charge in [-0.25, -0.2) is 4.98 Å². The Kier molecular flexibility index (Phi) is 4.13. The van der Waals surface area contributed by atoms with E-state index < -0.39 is 0 Å². The highest BCUT2D eigenvalue weighted by Crippen LogP contribution is 2.22. The van der Waals surface area contributed by atoms with Crippen molar-refractivity contribution in [3.8, 4) is 5.75 Å². The summed E-state index contributed by atoms with van der Waals surface area (Å²) in [7, 11) is 1.58. The van der Waals surface area contributed by atoms with Gasteiger partial charge >= 0.3 is 0 Å².